The Hall–Kier alpha value is -4.72. The summed E-state index contributed by atoms with van der Waals surface area (Å²) in [6, 6.07) is 13.5. The van der Waals surface area contributed by atoms with Crippen molar-refractivity contribution < 1.29 is 38.2 Å². The lowest BCUT2D eigenvalue weighted by Gasteiger charge is -2.26. The van der Waals surface area contributed by atoms with Gasteiger partial charge < -0.3 is 19.5 Å². The fourth-order valence-electron chi connectivity index (χ4n) is 4.10. The molecule has 11 nitrogen and oxygen atoms in total. The fourth-order valence-corrected chi connectivity index (χ4v) is 4.88. The highest BCUT2D eigenvalue weighted by Crippen LogP contribution is 2.35. The summed E-state index contributed by atoms with van der Waals surface area (Å²) in [6.07, 6.45) is 1.32. The third kappa shape index (κ3) is 6.43. The van der Waals surface area contributed by atoms with E-state index >= 15 is 0 Å². The van der Waals surface area contributed by atoms with E-state index in [2.05, 4.69) is 15.4 Å². The lowest BCUT2D eigenvalue weighted by atomic mass is 10.1. The van der Waals surface area contributed by atoms with Crippen molar-refractivity contribution >= 4 is 69.8 Å². The number of hydrogen-bond donors (Lipinski definition) is 2. The number of urea groups is 1. The maximum atomic E-state index is 13.3. The molecule has 0 saturated carbocycles. The number of nitrogens with one attached hydrogen (secondary N) is 2. The number of nitrogens with zero attached hydrogens (tertiary/aromatic N) is 1. The monoisotopic (exact) mass is 683 g/mol. The Morgan fingerprint density at radius 2 is 1.74 bits per heavy atom. The second-order valence-electron chi connectivity index (χ2n) is 9.11. The molecule has 0 spiro atoms. The number of rotatable bonds is 8. The molecule has 42 heavy (non-hydrogen) atoms. The number of hydrogen-bond acceptors (Lipinski definition) is 8. The fraction of sp³-hybridized carbons (Fsp3) is 0.167. The lowest BCUT2D eigenvalue weighted by Crippen LogP contribution is -2.54. The van der Waals surface area contributed by atoms with E-state index in [1.54, 1.807) is 12.1 Å². The molecule has 0 aliphatic carbocycles. The summed E-state index contributed by atoms with van der Waals surface area (Å²) in [7, 11) is 2.65. The molecule has 0 atom stereocenters. The number of carbonyl (C=O) groups is 5. The van der Waals surface area contributed by atoms with Crippen molar-refractivity contribution in [2.75, 3.05) is 31.0 Å². The molecule has 1 fully saturated rings. The number of halogens is 1. The Morgan fingerprint density at radius 3 is 2.40 bits per heavy atom. The summed E-state index contributed by atoms with van der Waals surface area (Å²) in [5.41, 5.74) is 3.18. The smallest absolute Gasteiger partial charge is 0.337 e. The third-order valence-electron chi connectivity index (χ3n) is 6.44. The molecule has 3 aromatic carbocycles. The molecular weight excluding hydrogens is 657 g/mol. The van der Waals surface area contributed by atoms with Gasteiger partial charge in [-0.3, -0.25) is 19.7 Å². The van der Waals surface area contributed by atoms with E-state index in [4.69, 9.17) is 9.47 Å². The number of aryl methyl sites for hydroxylation is 1. The van der Waals surface area contributed by atoms with Gasteiger partial charge in [-0.15, -0.1) is 0 Å². The molecular formula is C30H26IN3O8. The maximum absolute atomic E-state index is 13.3. The molecule has 4 rings (SSSR count). The van der Waals surface area contributed by atoms with E-state index in [0.717, 1.165) is 16.0 Å². The zero-order valence-electron chi connectivity index (χ0n) is 23.1. The van der Waals surface area contributed by atoms with Gasteiger partial charge in [-0.05, 0) is 102 Å². The summed E-state index contributed by atoms with van der Waals surface area (Å²) in [5, 5.41) is 4.99. The Kier molecular flexibility index (Phi) is 9.25. The molecule has 3 aromatic rings. The Morgan fingerprint density at radius 1 is 1.02 bits per heavy atom. The van der Waals surface area contributed by atoms with Gasteiger partial charge in [0, 0.05) is 5.69 Å². The van der Waals surface area contributed by atoms with Crippen molar-refractivity contribution in [1.29, 1.82) is 0 Å². The van der Waals surface area contributed by atoms with Crippen molar-refractivity contribution in [3.63, 3.8) is 0 Å². The van der Waals surface area contributed by atoms with Gasteiger partial charge >= 0.3 is 12.0 Å². The van der Waals surface area contributed by atoms with Crippen molar-refractivity contribution in [3.8, 4) is 11.5 Å². The summed E-state index contributed by atoms with van der Waals surface area (Å²) in [4.78, 5) is 63.6. The van der Waals surface area contributed by atoms with Gasteiger partial charge in [-0.25, -0.2) is 14.5 Å². The molecule has 0 radical (unpaired) electrons. The number of ether oxygens (including phenoxy) is 3. The highest BCUT2D eigenvalue weighted by molar-refractivity contribution is 14.1. The maximum Gasteiger partial charge on any atom is 0.337 e. The van der Waals surface area contributed by atoms with Crippen LogP contribution in [-0.4, -0.2) is 50.5 Å². The van der Waals surface area contributed by atoms with Crippen LogP contribution in [0.25, 0.3) is 6.08 Å². The van der Waals surface area contributed by atoms with Crippen LogP contribution in [0.4, 0.5) is 16.2 Å². The van der Waals surface area contributed by atoms with Gasteiger partial charge in [0.1, 0.15) is 5.57 Å². The number of carbonyl (C=O) groups excluding carboxylic acids is 5. The van der Waals surface area contributed by atoms with Crippen LogP contribution in [0.3, 0.4) is 0 Å². The molecule has 0 unspecified atom stereocenters. The first-order chi connectivity index (χ1) is 20.0. The van der Waals surface area contributed by atoms with Crippen LogP contribution in [-0.2, 0) is 19.1 Å². The molecule has 1 aliphatic rings. The molecule has 5 amide bonds. The Bertz CT molecular complexity index is 1630. The van der Waals surface area contributed by atoms with Crippen molar-refractivity contribution in [2.24, 2.45) is 0 Å². The number of esters is 1. The van der Waals surface area contributed by atoms with Gasteiger partial charge in [0.15, 0.2) is 18.1 Å². The van der Waals surface area contributed by atoms with Gasteiger partial charge in [-0.1, -0.05) is 12.1 Å². The Labute approximate surface area is 254 Å². The number of amides is 5. The van der Waals surface area contributed by atoms with Crippen molar-refractivity contribution in [2.45, 2.75) is 13.8 Å². The molecule has 216 valence electrons. The van der Waals surface area contributed by atoms with Crippen LogP contribution in [0, 0.1) is 17.4 Å². The second kappa shape index (κ2) is 12.9. The van der Waals surface area contributed by atoms with Crippen LogP contribution in [0.1, 0.15) is 27.0 Å². The van der Waals surface area contributed by atoms with Crippen molar-refractivity contribution in [1.82, 2.24) is 5.32 Å². The number of barbiturate groups is 1. The Balaban J connectivity index is 1.55. The molecule has 1 aliphatic heterocycles. The van der Waals surface area contributed by atoms with E-state index in [0.29, 0.717) is 20.6 Å². The molecule has 0 bridgehead atoms. The molecule has 12 heteroatoms. The van der Waals surface area contributed by atoms with E-state index in [1.807, 2.05) is 54.6 Å². The topological polar surface area (TPSA) is 140 Å². The van der Waals surface area contributed by atoms with Crippen LogP contribution in [0.5, 0.6) is 11.5 Å². The summed E-state index contributed by atoms with van der Waals surface area (Å²) < 4.78 is 16.5. The predicted octanol–water partition coefficient (Wildman–Crippen LogP) is 4.39. The van der Waals surface area contributed by atoms with Gasteiger partial charge in [0.05, 0.1) is 29.0 Å². The summed E-state index contributed by atoms with van der Waals surface area (Å²) in [5.74, 6) is -2.09. The first-order valence-corrected chi connectivity index (χ1v) is 13.6. The number of imide groups is 2. The number of anilines is 2. The van der Waals surface area contributed by atoms with Crippen LogP contribution in [0.2, 0.25) is 0 Å². The molecule has 1 saturated heterocycles. The molecule has 1 heterocycles. The largest absolute Gasteiger partial charge is 0.493 e. The molecule has 0 aromatic heterocycles. The van der Waals surface area contributed by atoms with Gasteiger partial charge in [0.25, 0.3) is 17.7 Å². The minimum absolute atomic E-state index is 0.151. The van der Waals surface area contributed by atoms with E-state index in [9.17, 15) is 24.0 Å². The molecule has 2 N–H and O–H groups in total. The van der Waals surface area contributed by atoms with E-state index in [-0.39, 0.29) is 35.1 Å². The predicted molar refractivity (Wildman–Crippen MR) is 163 cm³/mol. The average molecular weight is 683 g/mol. The standard InChI is InChI=1S/C30H26IN3O8/c1-16-6-5-7-23(17(16)2)32-25(35)15-42-26-22(31)13-18(14-24(26)40-3)12-21-27(36)33-30(39)34(28(21)37)20-10-8-19(9-11-20)29(38)41-4/h5-14H,15H2,1-4H3,(H,32,35)(H,33,36,39)/b21-12-. The minimum Gasteiger partial charge on any atom is -0.493 e. The van der Waals surface area contributed by atoms with Crippen LogP contribution < -0.4 is 25.0 Å². The number of benzene rings is 3. The highest BCUT2D eigenvalue weighted by Gasteiger charge is 2.37. The quantitative estimate of drug-likeness (QED) is 0.154. The van der Waals surface area contributed by atoms with Crippen LogP contribution in [0.15, 0.2) is 60.2 Å². The first kappa shape index (κ1) is 30.2. The number of methoxy groups -OCH3 is 2. The summed E-state index contributed by atoms with van der Waals surface area (Å²) >= 11 is 1.99. The normalized spacial score (nSPS) is 14.0. The minimum atomic E-state index is -0.928. The van der Waals surface area contributed by atoms with E-state index in [1.165, 1.54) is 44.6 Å². The van der Waals surface area contributed by atoms with Gasteiger partial charge in [0.2, 0.25) is 0 Å². The van der Waals surface area contributed by atoms with Crippen molar-refractivity contribution in [3.05, 3.63) is 86.0 Å². The third-order valence-corrected chi connectivity index (χ3v) is 7.24. The second-order valence-corrected chi connectivity index (χ2v) is 10.3. The van der Waals surface area contributed by atoms with Gasteiger partial charge in [-0.2, -0.15) is 0 Å². The van der Waals surface area contributed by atoms with E-state index < -0.39 is 23.8 Å². The SMILES string of the molecule is COC(=O)c1ccc(N2C(=O)NC(=O)/C(=C/c3cc(I)c(OCC(=O)Nc4cccc(C)c4C)c(OC)c3)C2=O)cc1. The zero-order valence-corrected chi connectivity index (χ0v) is 25.2. The lowest BCUT2D eigenvalue weighted by molar-refractivity contribution is -0.122. The highest BCUT2D eigenvalue weighted by atomic mass is 127. The van der Waals surface area contributed by atoms with Crippen LogP contribution >= 0.6 is 22.6 Å². The zero-order chi connectivity index (χ0) is 30.6. The first-order valence-electron chi connectivity index (χ1n) is 12.5. The average Bonchev–Trinajstić information content (AvgIpc) is 2.96. The summed E-state index contributed by atoms with van der Waals surface area (Å²) in [6.45, 7) is 3.58.